The Kier molecular flexibility index (Phi) is 7.72. The summed E-state index contributed by atoms with van der Waals surface area (Å²) >= 11 is 0. The molecule has 3 aromatic carbocycles. The SMILES string of the molecule is COc1ccc(N(/C=C\[C@H](Cc2ccccc2)c2ccccc2)C(=O)OC(C)(C)C)cc1. The predicted molar refractivity (Wildman–Crippen MR) is 130 cm³/mol. The maximum absolute atomic E-state index is 13.0. The number of allylic oxidation sites excluding steroid dienone is 1. The fraction of sp³-hybridized carbons (Fsp3) is 0.250. The van der Waals surface area contributed by atoms with Gasteiger partial charge >= 0.3 is 6.09 Å². The van der Waals surface area contributed by atoms with Crippen molar-refractivity contribution in [3.8, 4) is 5.75 Å². The Morgan fingerprint density at radius 2 is 1.50 bits per heavy atom. The zero-order chi connectivity index (χ0) is 23.0. The zero-order valence-electron chi connectivity index (χ0n) is 19.2. The van der Waals surface area contributed by atoms with Crippen molar-refractivity contribution in [1.82, 2.24) is 0 Å². The molecule has 0 aliphatic rings. The third kappa shape index (κ3) is 6.74. The third-order valence-corrected chi connectivity index (χ3v) is 4.93. The number of benzene rings is 3. The highest BCUT2D eigenvalue weighted by atomic mass is 16.6. The van der Waals surface area contributed by atoms with E-state index in [0.29, 0.717) is 5.69 Å². The lowest BCUT2D eigenvalue weighted by Gasteiger charge is -2.26. The van der Waals surface area contributed by atoms with Gasteiger partial charge in [0.1, 0.15) is 11.4 Å². The Balaban J connectivity index is 1.94. The lowest BCUT2D eigenvalue weighted by Crippen LogP contribution is -2.33. The molecule has 0 unspecified atom stereocenters. The van der Waals surface area contributed by atoms with Gasteiger partial charge in [0.15, 0.2) is 0 Å². The number of hydrogen-bond donors (Lipinski definition) is 0. The van der Waals surface area contributed by atoms with Crippen LogP contribution < -0.4 is 9.64 Å². The van der Waals surface area contributed by atoms with E-state index in [9.17, 15) is 4.79 Å². The number of carbonyl (C=O) groups is 1. The molecular weight excluding hydrogens is 398 g/mol. The van der Waals surface area contributed by atoms with Gasteiger partial charge < -0.3 is 9.47 Å². The molecule has 0 N–H and O–H groups in total. The lowest BCUT2D eigenvalue weighted by atomic mass is 9.92. The number of hydrogen-bond acceptors (Lipinski definition) is 3. The normalized spacial score (nSPS) is 12.4. The standard InChI is InChI=1S/C28H31NO3/c1-28(2,3)32-27(30)29(25-15-17-26(31-4)18-16-25)20-19-24(23-13-9-6-10-14-23)21-22-11-7-5-8-12-22/h5-20,24H,21H2,1-4H3/b20-19-/t24-/m1/s1. The summed E-state index contributed by atoms with van der Waals surface area (Å²) in [6, 6.07) is 28.0. The van der Waals surface area contributed by atoms with Crippen LogP contribution in [0, 0.1) is 0 Å². The topological polar surface area (TPSA) is 38.8 Å². The number of ether oxygens (including phenoxy) is 2. The second kappa shape index (κ2) is 10.7. The highest BCUT2D eigenvalue weighted by Gasteiger charge is 2.22. The minimum Gasteiger partial charge on any atom is -0.497 e. The van der Waals surface area contributed by atoms with Gasteiger partial charge in [0.05, 0.1) is 12.8 Å². The van der Waals surface area contributed by atoms with Crippen LogP contribution in [-0.4, -0.2) is 18.8 Å². The zero-order valence-corrected chi connectivity index (χ0v) is 19.2. The summed E-state index contributed by atoms with van der Waals surface area (Å²) in [5, 5.41) is 0. The summed E-state index contributed by atoms with van der Waals surface area (Å²) in [6.07, 6.45) is 4.28. The van der Waals surface area contributed by atoms with Gasteiger partial charge in [-0.25, -0.2) is 4.79 Å². The average Bonchev–Trinajstić information content (AvgIpc) is 2.79. The van der Waals surface area contributed by atoms with Crippen LogP contribution in [0.3, 0.4) is 0 Å². The van der Waals surface area contributed by atoms with E-state index >= 15 is 0 Å². The monoisotopic (exact) mass is 429 g/mol. The minimum absolute atomic E-state index is 0.0989. The fourth-order valence-corrected chi connectivity index (χ4v) is 3.36. The van der Waals surface area contributed by atoms with E-state index in [2.05, 4.69) is 30.3 Å². The van der Waals surface area contributed by atoms with Crippen molar-refractivity contribution in [3.05, 3.63) is 108 Å². The van der Waals surface area contributed by atoms with Crippen molar-refractivity contribution in [1.29, 1.82) is 0 Å². The molecule has 0 saturated carbocycles. The van der Waals surface area contributed by atoms with Gasteiger partial charge in [0.2, 0.25) is 0 Å². The van der Waals surface area contributed by atoms with Gasteiger partial charge in [-0.05, 0) is 62.6 Å². The van der Waals surface area contributed by atoms with Crippen molar-refractivity contribution < 1.29 is 14.3 Å². The molecule has 3 rings (SSSR count). The Bertz CT molecular complexity index is 1010. The third-order valence-electron chi connectivity index (χ3n) is 4.93. The molecule has 0 heterocycles. The number of methoxy groups -OCH3 is 1. The number of carbonyl (C=O) groups excluding carboxylic acids is 1. The fourth-order valence-electron chi connectivity index (χ4n) is 3.36. The Morgan fingerprint density at radius 1 is 0.906 bits per heavy atom. The molecule has 0 fully saturated rings. The molecular formula is C28H31NO3. The van der Waals surface area contributed by atoms with Crippen LogP contribution in [0.2, 0.25) is 0 Å². The number of nitrogens with zero attached hydrogens (tertiary/aromatic N) is 1. The summed E-state index contributed by atoms with van der Waals surface area (Å²) in [5.41, 5.74) is 2.53. The molecule has 0 aromatic heterocycles. The van der Waals surface area contributed by atoms with E-state index in [-0.39, 0.29) is 5.92 Å². The smallest absolute Gasteiger partial charge is 0.418 e. The highest BCUT2D eigenvalue weighted by Crippen LogP contribution is 2.26. The molecule has 4 heteroatoms. The van der Waals surface area contributed by atoms with Gasteiger partial charge in [-0.3, -0.25) is 4.90 Å². The molecule has 1 atom stereocenters. The second-order valence-corrected chi connectivity index (χ2v) is 8.60. The summed E-state index contributed by atoms with van der Waals surface area (Å²) < 4.78 is 10.9. The van der Waals surface area contributed by atoms with Crippen molar-refractivity contribution >= 4 is 11.8 Å². The molecule has 1 amide bonds. The highest BCUT2D eigenvalue weighted by molar-refractivity contribution is 5.90. The molecule has 0 aliphatic carbocycles. The van der Waals surface area contributed by atoms with E-state index in [1.165, 1.54) is 11.1 Å². The molecule has 0 bridgehead atoms. The first-order chi connectivity index (χ1) is 15.4. The van der Waals surface area contributed by atoms with Crippen molar-refractivity contribution in [2.45, 2.75) is 38.7 Å². The Hall–Kier alpha value is -3.53. The van der Waals surface area contributed by atoms with Crippen LogP contribution >= 0.6 is 0 Å². The van der Waals surface area contributed by atoms with Crippen LogP contribution in [0.15, 0.2) is 97.2 Å². The lowest BCUT2D eigenvalue weighted by molar-refractivity contribution is 0.0596. The summed E-state index contributed by atoms with van der Waals surface area (Å²) in [4.78, 5) is 14.6. The largest absolute Gasteiger partial charge is 0.497 e. The van der Waals surface area contributed by atoms with Crippen LogP contribution in [-0.2, 0) is 11.2 Å². The van der Waals surface area contributed by atoms with Crippen LogP contribution in [0.1, 0.15) is 37.8 Å². The van der Waals surface area contributed by atoms with E-state index < -0.39 is 11.7 Å². The molecule has 32 heavy (non-hydrogen) atoms. The van der Waals surface area contributed by atoms with Gasteiger partial charge in [0.25, 0.3) is 0 Å². The first-order valence-corrected chi connectivity index (χ1v) is 10.8. The number of amides is 1. The summed E-state index contributed by atoms with van der Waals surface area (Å²) in [5.74, 6) is 0.829. The van der Waals surface area contributed by atoms with Gasteiger partial charge in [-0.15, -0.1) is 0 Å². The number of anilines is 1. The maximum atomic E-state index is 13.0. The molecule has 0 saturated heterocycles. The predicted octanol–water partition coefficient (Wildman–Crippen LogP) is 6.98. The molecule has 0 spiro atoms. The summed E-state index contributed by atoms with van der Waals surface area (Å²) in [7, 11) is 1.62. The van der Waals surface area contributed by atoms with Crippen LogP contribution in [0.25, 0.3) is 0 Å². The second-order valence-electron chi connectivity index (χ2n) is 8.60. The molecule has 4 nitrogen and oxygen atoms in total. The van der Waals surface area contributed by atoms with E-state index in [1.807, 2.05) is 87.6 Å². The van der Waals surface area contributed by atoms with Gasteiger partial charge in [-0.2, -0.15) is 0 Å². The Morgan fingerprint density at radius 3 is 2.06 bits per heavy atom. The average molecular weight is 430 g/mol. The van der Waals surface area contributed by atoms with E-state index in [4.69, 9.17) is 9.47 Å². The maximum Gasteiger partial charge on any atom is 0.418 e. The summed E-state index contributed by atoms with van der Waals surface area (Å²) in [6.45, 7) is 5.59. The van der Waals surface area contributed by atoms with Gasteiger partial charge in [0, 0.05) is 12.1 Å². The first-order valence-electron chi connectivity index (χ1n) is 10.8. The Labute approximate surface area is 191 Å². The minimum atomic E-state index is -0.599. The van der Waals surface area contributed by atoms with E-state index in [1.54, 1.807) is 12.0 Å². The van der Waals surface area contributed by atoms with Crippen molar-refractivity contribution in [2.75, 3.05) is 12.0 Å². The first kappa shape index (κ1) is 23.1. The quantitative estimate of drug-likeness (QED) is 0.407. The van der Waals surface area contributed by atoms with Crippen LogP contribution in [0.4, 0.5) is 10.5 Å². The molecule has 0 aliphatic heterocycles. The molecule has 166 valence electrons. The molecule has 0 radical (unpaired) electrons. The van der Waals surface area contributed by atoms with E-state index in [0.717, 1.165) is 12.2 Å². The van der Waals surface area contributed by atoms with Crippen molar-refractivity contribution in [2.24, 2.45) is 0 Å². The molecule has 3 aromatic rings. The number of rotatable bonds is 7. The van der Waals surface area contributed by atoms with Gasteiger partial charge in [-0.1, -0.05) is 66.7 Å². The van der Waals surface area contributed by atoms with Crippen molar-refractivity contribution in [3.63, 3.8) is 0 Å². The van der Waals surface area contributed by atoms with Crippen LogP contribution in [0.5, 0.6) is 5.75 Å².